The van der Waals surface area contributed by atoms with Crippen LogP contribution in [0.5, 0.6) is 0 Å². The highest BCUT2D eigenvalue weighted by atomic mass is 16.2. The summed E-state index contributed by atoms with van der Waals surface area (Å²) in [5.74, 6) is -1.30. The third kappa shape index (κ3) is 2.79. The lowest BCUT2D eigenvalue weighted by atomic mass is 9.86. The minimum absolute atomic E-state index is 0.103. The van der Waals surface area contributed by atoms with Gasteiger partial charge in [-0.2, -0.15) is 0 Å². The van der Waals surface area contributed by atoms with Gasteiger partial charge >= 0.3 is 0 Å². The summed E-state index contributed by atoms with van der Waals surface area (Å²) >= 11 is 0. The lowest BCUT2D eigenvalue weighted by molar-refractivity contribution is -0.147. The largest absolute Gasteiger partial charge is 0.323 e. The Bertz CT molecular complexity index is 317. The molecule has 1 aliphatic rings. The Morgan fingerprint density at radius 2 is 1.75 bits per heavy atom. The molecule has 0 unspecified atom stereocenters. The van der Waals surface area contributed by atoms with E-state index in [-0.39, 0.29) is 19.0 Å². The number of amides is 3. The second-order valence-electron chi connectivity index (χ2n) is 5.01. The van der Waals surface area contributed by atoms with Crippen molar-refractivity contribution in [3.8, 4) is 0 Å². The molecule has 0 radical (unpaired) electrons. The summed E-state index contributed by atoms with van der Waals surface area (Å²) in [4.78, 5) is 35.3. The van der Waals surface area contributed by atoms with E-state index in [1.165, 1.54) is 4.90 Å². The standard InChI is InChI=1S/C10H17N3O3/c1-10(2,3)8(11)9(16)13-4-6(14)12-7(15)5-13/h8H,4-5,11H2,1-3H3,(H,12,14,15)/t8-/m0/s1. The molecule has 0 aromatic rings. The molecule has 1 heterocycles. The predicted octanol–water partition coefficient (Wildman–Crippen LogP) is -1.16. The number of imide groups is 1. The molecule has 1 saturated heterocycles. The molecule has 0 aliphatic carbocycles. The lowest BCUT2D eigenvalue weighted by Gasteiger charge is -2.33. The van der Waals surface area contributed by atoms with Crippen LogP contribution < -0.4 is 11.1 Å². The summed E-state index contributed by atoms with van der Waals surface area (Å²) in [6.07, 6.45) is 0. The molecule has 6 heteroatoms. The molecule has 0 spiro atoms. The van der Waals surface area contributed by atoms with E-state index in [1.807, 2.05) is 20.8 Å². The molecule has 1 rings (SSSR count). The third-order valence-corrected chi connectivity index (χ3v) is 2.46. The lowest BCUT2D eigenvalue weighted by Crippen LogP contribution is -2.58. The van der Waals surface area contributed by atoms with Crippen LogP contribution in [0, 0.1) is 5.41 Å². The van der Waals surface area contributed by atoms with E-state index in [0.717, 1.165) is 0 Å². The van der Waals surface area contributed by atoms with Crippen molar-refractivity contribution >= 4 is 17.7 Å². The van der Waals surface area contributed by atoms with Crippen LogP contribution in [0.15, 0.2) is 0 Å². The molecule has 0 aromatic carbocycles. The molecule has 0 saturated carbocycles. The van der Waals surface area contributed by atoms with Gasteiger partial charge in [0.2, 0.25) is 17.7 Å². The first-order valence-corrected chi connectivity index (χ1v) is 5.09. The predicted molar refractivity (Wildman–Crippen MR) is 57.2 cm³/mol. The summed E-state index contributed by atoms with van der Waals surface area (Å²) in [6.45, 7) is 5.30. The van der Waals surface area contributed by atoms with E-state index in [0.29, 0.717) is 0 Å². The Morgan fingerprint density at radius 1 is 1.31 bits per heavy atom. The topological polar surface area (TPSA) is 92.5 Å². The molecule has 3 amide bonds. The molecule has 1 fully saturated rings. The average molecular weight is 227 g/mol. The number of nitrogens with one attached hydrogen (secondary N) is 1. The van der Waals surface area contributed by atoms with Gasteiger partial charge in [-0.3, -0.25) is 19.7 Å². The summed E-state index contributed by atoms with van der Waals surface area (Å²) < 4.78 is 0. The number of carbonyl (C=O) groups excluding carboxylic acids is 3. The van der Waals surface area contributed by atoms with E-state index in [4.69, 9.17) is 5.73 Å². The fourth-order valence-electron chi connectivity index (χ4n) is 1.36. The smallest absolute Gasteiger partial charge is 0.246 e. The number of rotatable bonds is 1. The molecule has 6 nitrogen and oxygen atoms in total. The van der Waals surface area contributed by atoms with Gasteiger partial charge < -0.3 is 10.6 Å². The summed E-state index contributed by atoms with van der Waals surface area (Å²) in [6, 6.07) is -0.716. The Morgan fingerprint density at radius 3 is 2.12 bits per heavy atom. The van der Waals surface area contributed by atoms with Gasteiger partial charge in [-0.05, 0) is 5.41 Å². The van der Waals surface area contributed by atoms with Gasteiger partial charge in [-0.15, -0.1) is 0 Å². The normalized spacial score (nSPS) is 19.4. The number of nitrogens with zero attached hydrogens (tertiary/aromatic N) is 1. The van der Waals surface area contributed by atoms with Gasteiger partial charge in [0.15, 0.2) is 0 Å². The van der Waals surface area contributed by atoms with Crippen molar-refractivity contribution in [2.24, 2.45) is 11.1 Å². The minimum Gasteiger partial charge on any atom is -0.323 e. The third-order valence-electron chi connectivity index (χ3n) is 2.46. The van der Waals surface area contributed by atoms with Crippen LogP contribution in [0.1, 0.15) is 20.8 Å². The van der Waals surface area contributed by atoms with Crippen molar-refractivity contribution in [3.05, 3.63) is 0 Å². The highest BCUT2D eigenvalue weighted by Gasteiger charge is 2.34. The fourth-order valence-corrected chi connectivity index (χ4v) is 1.36. The first kappa shape index (κ1) is 12.6. The fraction of sp³-hybridized carbons (Fsp3) is 0.700. The zero-order valence-electron chi connectivity index (χ0n) is 9.74. The van der Waals surface area contributed by atoms with Crippen molar-refractivity contribution in [1.29, 1.82) is 0 Å². The Labute approximate surface area is 94.2 Å². The van der Waals surface area contributed by atoms with Crippen LogP contribution in [-0.2, 0) is 14.4 Å². The molecule has 0 aromatic heterocycles. The van der Waals surface area contributed by atoms with Gasteiger partial charge in [-0.1, -0.05) is 20.8 Å². The second-order valence-corrected chi connectivity index (χ2v) is 5.01. The van der Waals surface area contributed by atoms with Crippen LogP contribution in [0.25, 0.3) is 0 Å². The van der Waals surface area contributed by atoms with Gasteiger partial charge in [0.25, 0.3) is 0 Å². The summed E-state index contributed by atoms with van der Waals surface area (Å²) in [7, 11) is 0. The summed E-state index contributed by atoms with van der Waals surface area (Å²) in [5.41, 5.74) is 5.39. The van der Waals surface area contributed by atoms with Crippen LogP contribution in [0.4, 0.5) is 0 Å². The maximum absolute atomic E-state index is 11.9. The van der Waals surface area contributed by atoms with Gasteiger partial charge in [0.05, 0.1) is 6.04 Å². The van der Waals surface area contributed by atoms with E-state index < -0.39 is 23.3 Å². The SMILES string of the molecule is CC(C)(C)[C@@H](N)C(=O)N1CC(=O)NC(=O)C1. The molecule has 3 N–H and O–H groups in total. The van der Waals surface area contributed by atoms with E-state index >= 15 is 0 Å². The number of carbonyl (C=O) groups is 3. The molecular formula is C10H17N3O3. The number of nitrogens with two attached hydrogens (primary N) is 1. The van der Waals surface area contributed by atoms with Crippen molar-refractivity contribution in [2.75, 3.05) is 13.1 Å². The zero-order chi connectivity index (χ0) is 12.5. The maximum atomic E-state index is 11.9. The highest BCUT2D eigenvalue weighted by Crippen LogP contribution is 2.19. The van der Waals surface area contributed by atoms with Crippen molar-refractivity contribution in [1.82, 2.24) is 10.2 Å². The van der Waals surface area contributed by atoms with Crippen LogP contribution >= 0.6 is 0 Å². The Hall–Kier alpha value is -1.43. The van der Waals surface area contributed by atoms with Gasteiger partial charge in [-0.25, -0.2) is 0 Å². The zero-order valence-corrected chi connectivity index (χ0v) is 9.74. The van der Waals surface area contributed by atoms with E-state index in [9.17, 15) is 14.4 Å². The van der Waals surface area contributed by atoms with Crippen molar-refractivity contribution < 1.29 is 14.4 Å². The quantitative estimate of drug-likeness (QED) is 0.553. The Balaban J connectivity index is 2.74. The second kappa shape index (κ2) is 4.21. The van der Waals surface area contributed by atoms with Gasteiger partial charge in [0, 0.05) is 0 Å². The molecule has 0 bridgehead atoms. The Kier molecular flexibility index (Phi) is 3.32. The number of piperazine rings is 1. The van der Waals surface area contributed by atoms with Crippen molar-refractivity contribution in [3.63, 3.8) is 0 Å². The minimum atomic E-state index is -0.716. The number of hydrogen-bond acceptors (Lipinski definition) is 4. The number of hydrogen-bond donors (Lipinski definition) is 2. The molecule has 90 valence electrons. The monoisotopic (exact) mass is 227 g/mol. The van der Waals surface area contributed by atoms with Crippen LogP contribution in [0.2, 0.25) is 0 Å². The molecule has 16 heavy (non-hydrogen) atoms. The average Bonchev–Trinajstić information content (AvgIpc) is 2.12. The van der Waals surface area contributed by atoms with E-state index in [1.54, 1.807) is 0 Å². The van der Waals surface area contributed by atoms with Gasteiger partial charge in [0.1, 0.15) is 13.1 Å². The van der Waals surface area contributed by atoms with Crippen LogP contribution in [-0.4, -0.2) is 41.8 Å². The molecule has 1 aliphatic heterocycles. The maximum Gasteiger partial charge on any atom is 0.246 e. The highest BCUT2D eigenvalue weighted by molar-refractivity contribution is 6.03. The first-order valence-electron chi connectivity index (χ1n) is 5.09. The van der Waals surface area contributed by atoms with E-state index in [2.05, 4.69) is 5.32 Å². The van der Waals surface area contributed by atoms with Crippen LogP contribution in [0.3, 0.4) is 0 Å². The summed E-state index contributed by atoms with van der Waals surface area (Å²) in [5, 5.41) is 2.13. The molecular weight excluding hydrogens is 210 g/mol. The first-order chi connectivity index (χ1) is 7.21. The van der Waals surface area contributed by atoms with Crippen molar-refractivity contribution in [2.45, 2.75) is 26.8 Å². The molecule has 1 atom stereocenters.